The zero-order valence-electron chi connectivity index (χ0n) is 15.5. The normalized spacial score (nSPS) is 11.1. The van der Waals surface area contributed by atoms with Crippen molar-refractivity contribution in [2.24, 2.45) is 0 Å². The molecule has 0 saturated heterocycles. The second-order valence-electron chi connectivity index (χ2n) is 6.70. The van der Waals surface area contributed by atoms with Gasteiger partial charge in [-0.2, -0.15) is 0 Å². The number of aromatic amines is 1. The van der Waals surface area contributed by atoms with Gasteiger partial charge in [0.05, 0.1) is 10.0 Å². The van der Waals surface area contributed by atoms with Gasteiger partial charge >= 0.3 is 5.97 Å². The van der Waals surface area contributed by atoms with Crippen molar-refractivity contribution in [1.29, 1.82) is 0 Å². The number of hydrogen-bond acceptors (Lipinski definition) is 4. The Morgan fingerprint density at radius 2 is 1.93 bits per heavy atom. The molecular weight excluding hydrogens is 419 g/mol. The number of aliphatic carboxylic acids is 1. The molecule has 0 unspecified atom stereocenters. The minimum atomic E-state index is -1.15. The third-order valence-electron chi connectivity index (χ3n) is 4.26. The van der Waals surface area contributed by atoms with E-state index in [1.165, 1.54) is 12.1 Å². The standard InChI is InChI=1S/C20H18Cl2N2O5/c1-9(2)11-5-10(3-4-16(11)25)29-19-13(21)7-14-12(18(19)22)6-15(24-14)20(28)23-8-17(26)27/h3-7,9,24-25H,8H2,1-2H3,(H,23,28)(H,26,27). The molecule has 9 heteroatoms. The third-order valence-corrected chi connectivity index (χ3v) is 4.91. The molecule has 3 rings (SSSR count). The van der Waals surface area contributed by atoms with Crippen LogP contribution < -0.4 is 10.1 Å². The Labute approximate surface area is 176 Å². The highest BCUT2D eigenvalue weighted by molar-refractivity contribution is 6.41. The summed E-state index contributed by atoms with van der Waals surface area (Å²) < 4.78 is 5.88. The van der Waals surface area contributed by atoms with Crippen LogP contribution in [-0.4, -0.2) is 33.6 Å². The number of halogens is 2. The van der Waals surface area contributed by atoms with Crippen LogP contribution in [0.1, 0.15) is 35.8 Å². The zero-order valence-corrected chi connectivity index (χ0v) is 17.1. The molecule has 7 nitrogen and oxygen atoms in total. The molecule has 152 valence electrons. The first kappa shape index (κ1) is 20.8. The number of H-pyrrole nitrogens is 1. The lowest BCUT2D eigenvalue weighted by atomic mass is 10.0. The predicted octanol–water partition coefficient (Wildman–Crippen LogP) is 4.91. The number of fused-ring (bicyclic) bond motifs is 1. The van der Waals surface area contributed by atoms with E-state index < -0.39 is 18.4 Å². The molecule has 0 fully saturated rings. The number of nitrogens with one attached hydrogen (secondary N) is 2. The van der Waals surface area contributed by atoms with Crippen LogP contribution in [-0.2, 0) is 4.79 Å². The van der Waals surface area contributed by atoms with Gasteiger partial charge < -0.3 is 25.3 Å². The van der Waals surface area contributed by atoms with Crippen molar-refractivity contribution in [3.05, 3.63) is 51.6 Å². The summed E-state index contributed by atoms with van der Waals surface area (Å²) in [5, 5.41) is 21.8. The maximum absolute atomic E-state index is 12.1. The van der Waals surface area contributed by atoms with Crippen molar-refractivity contribution in [2.75, 3.05) is 6.54 Å². The Hall–Kier alpha value is -2.90. The van der Waals surface area contributed by atoms with Crippen LogP contribution in [0.4, 0.5) is 0 Å². The van der Waals surface area contributed by atoms with Crippen molar-refractivity contribution in [2.45, 2.75) is 19.8 Å². The lowest BCUT2D eigenvalue weighted by Crippen LogP contribution is -2.29. The smallest absolute Gasteiger partial charge is 0.322 e. The summed E-state index contributed by atoms with van der Waals surface area (Å²) in [6, 6.07) is 7.90. The summed E-state index contributed by atoms with van der Waals surface area (Å²) in [7, 11) is 0. The highest BCUT2D eigenvalue weighted by Gasteiger charge is 2.19. The van der Waals surface area contributed by atoms with E-state index in [9.17, 15) is 14.7 Å². The molecule has 0 bridgehead atoms. The third kappa shape index (κ3) is 4.41. The van der Waals surface area contributed by atoms with Crippen molar-refractivity contribution in [3.8, 4) is 17.2 Å². The molecule has 1 amide bonds. The topological polar surface area (TPSA) is 112 Å². The number of carbonyl (C=O) groups is 2. The number of phenols is 1. The van der Waals surface area contributed by atoms with E-state index in [2.05, 4.69) is 10.3 Å². The van der Waals surface area contributed by atoms with E-state index in [4.69, 9.17) is 33.0 Å². The molecule has 4 N–H and O–H groups in total. The van der Waals surface area contributed by atoms with Gasteiger partial charge in [0, 0.05) is 16.5 Å². The largest absolute Gasteiger partial charge is 0.508 e. The molecule has 2 aromatic carbocycles. The van der Waals surface area contributed by atoms with Gasteiger partial charge in [-0.25, -0.2) is 0 Å². The van der Waals surface area contributed by atoms with E-state index in [0.29, 0.717) is 16.7 Å². The molecule has 0 saturated carbocycles. The molecule has 0 aliphatic carbocycles. The number of benzene rings is 2. The lowest BCUT2D eigenvalue weighted by Gasteiger charge is -2.14. The monoisotopic (exact) mass is 436 g/mol. The van der Waals surface area contributed by atoms with Gasteiger partial charge in [0.1, 0.15) is 23.7 Å². The fourth-order valence-electron chi connectivity index (χ4n) is 2.83. The van der Waals surface area contributed by atoms with Gasteiger partial charge in [-0.3, -0.25) is 9.59 Å². The number of aromatic hydroxyl groups is 1. The first-order chi connectivity index (χ1) is 13.7. The quantitative estimate of drug-likeness (QED) is 0.438. The van der Waals surface area contributed by atoms with Crippen molar-refractivity contribution >= 4 is 46.0 Å². The van der Waals surface area contributed by atoms with E-state index in [1.54, 1.807) is 18.2 Å². The number of aromatic nitrogens is 1. The average molecular weight is 437 g/mol. The maximum Gasteiger partial charge on any atom is 0.322 e. The highest BCUT2D eigenvalue weighted by atomic mass is 35.5. The SMILES string of the molecule is CC(C)c1cc(Oc2c(Cl)cc3[nH]c(C(=O)NCC(=O)O)cc3c2Cl)ccc1O. The van der Waals surface area contributed by atoms with Crippen LogP contribution in [0.5, 0.6) is 17.2 Å². The van der Waals surface area contributed by atoms with Crippen LogP contribution in [0.15, 0.2) is 30.3 Å². The Kier molecular flexibility index (Phi) is 5.91. The number of amides is 1. The van der Waals surface area contributed by atoms with Gasteiger partial charge in [-0.15, -0.1) is 0 Å². The number of rotatable bonds is 6. The van der Waals surface area contributed by atoms with Gasteiger partial charge in [-0.05, 0) is 36.2 Å². The van der Waals surface area contributed by atoms with Crippen molar-refractivity contribution < 1.29 is 24.5 Å². The molecule has 3 aromatic rings. The fraction of sp³-hybridized carbons (Fsp3) is 0.200. The molecule has 0 atom stereocenters. The van der Waals surface area contributed by atoms with Crippen LogP contribution in [0.25, 0.3) is 10.9 Å². The van der Waals surface area contributed by atoms with Crippen LogP contribution in [0.3, 0.4) is 0 Å². The average Bonchev–Trinajstić information content (AvgIpc) is 3.08. The van der Waals surface area contributed by atoms with Gasteiger partial charge in [-0.1, -0.05) is 37.0 Å². The first-order valence-electron chi connectivity index (χ1n) is 8.68. The summed E-state index contributed by atoms with van der Waals surface area (Å²) in [5.41, 5.74) is 1.36. The number of carboxylic acids is 1. The highest BCUT2D eigenvalue weighted by Crippen LogP contribution is 2.42. The lowest BCUT2D eigenvalue weighted by molar-refractivity contribution is -0.135. The summed E-state index contributed by atoms with van der Waals surface area (Å²) in [6.07, 6.45) is 0. The fourth-order valence-corrected chi connectivity index (χ4v) is 3.42. The molecule has 0 radical (unpaired) electrons. The first-order valence-corrected chi connectivity index (χ1v) is 9.44. The Morgan fingerprint density at radius 1 is 1.21 bits per heavy atom. The zero-order chi connectivity index (χ0) is 21.3. The van der Waals surface area contributed by atoms with Gasteiger partial charge in [0.2, 0.25) is 0 Å². The molecule has 0 spiro atoms. The minimum absolute atomic E-state index is 0.0866. The summed E-state index contributed by atoms with van der Waals surface area (Å²) in [5.74, 6) is -0.826. The molecule has 1 heterocycles. The number of carboxylic acid groups (broad SMARTS) is 1. The van der Waals surface area contributed by atoms with E-state index >= 15 is 0 Å². The van der Waals surface area contributed by atoms with Crippen molar-refractivity contribution in [1.82, 2.24) is 10.3 Å². The molecular formula is C20H18Cl2N2O5. The predicted molar refractivity (Wildman–Crippen MR) is 111 cm³/mol. The Morgan fingerprint density at radius 3 is 2.59 bits per heavy atom. The van der Waals surface area contributed by atoms with E-state index in [-0.39, 0.29) is 33.2 Å². The molecule has 29 heavy (non-hydrogen) atoms. The molecule has 0 aliphatic rings. The number of phenolic OH excluding ortho intramolecular Hbond substituents is 1. The minimum Gasteiger partial charge on any atom is -0.508 e. The van der Waals surface area contributed by atoms with Crippen molar-refractivity contribution in [3.63, 3.8) is 0 Å². The number of ether oxygens (including phenoxy) is 1. The number of hydrogen-bond donors (Lipinski definition) is 4. The van der Waals surface area contributed by atoms with Gasteiger partial charge in [0.15, 0.2) is 5.75 Å². The molecule has 0 aliphatic heterocycles. The molecule has 1 aromatic heterocycles. The van der Waals surface area contributed by atoms with Crippen LogP contribution in [0.2, 0.25) is 10.0 Å². The summed E-state index contributed by atoms with van der Waals surface area (Å²) in [6.45, 7) is 3.39. The van der Waals surface area contributed by atoms with Crippen LogP contribution >= 0.6 is 23.2 Å². The summed E-state index contributed by atoms with van der Waals surface area (Å²) in [4.78, 5) is 25.6. The maximum atomic E-state index is 12.1. The van der Waals surface area contributed by atoms with E-state index in [1.807, 2.05) is 13.8 Å². The number of carbonyl (C=O) groups excluding carboxylic acids is 1. The Bertz CT molecular complexity index is 1110. The Balaban J connectivity index is 1.96. The van der Waals surface area contributed by atoms with E-state index in [0.717, 1.165) is 5.56 Å². The second-order valence-corrected chi connectivity index (χ2v) is 7.48. The van der Waals surface area contributed by atoms with Crippen LogP contribution in [0, 0.1) is 0 Å². The second kappa shape index (κ2) is 8.23. The van der Waals surface area contributed by atoms with Gasteiger partial charge in [0.25, 0.3) is 5.91 Å². The summed E-state index contributed by atoms with van der Waals surface area (Å²) >= 11 is 12.8.